The van der Waals surface area contributed by atoms with Crippen LogP contribution in [-0.4, -0.2) is 9.38 Å². The number of benzene rings is 2. The average Bonchev–Trinajstić information content (AvgIpc) is 3.06. The van der Waals surface area contributed by atoms with Crippen LogP contribution in [0.5, 0.6) is 0 Å². The summed E-state index contributed by atoms with van der Waals surface area (Å²) in [7, 11) is 0. The molecule has 2 aromatic heterocycles. The average molecular weight is 327 g/mol. The number of pyridine rings is 1. The number of aromatic nitrogens is 2. The summed E-state index contributed by atoms with van der Waals surface area (Å²) in [4.78, 5) is 4.90. The van der Waals surface area contributed by atoms with Gasteiger partial charge in [-0.15, -0.1) is 0 Å². The van der Waals surface area contributed by atoms with E-state index < -0.39 is 0 Å². The molecule has 4 aromatic rings. The van der Waals surface area contributed by atoms with E-state index in [2.05, 4.69) is 83.5 Å². The minimum atomic E-state index is 0.222. The molecule has 3 nitrogen and oxygen atoms in total. The van der Waals surface area contributed by atoms with Crippen molar-refractivity contribution in [2.45, 2.75) is 19.4 Å². The molecule has 1 unspecified atom stereocenters. The quantitative estimate of drug-likeness (QED) is 0.553. The number of nitrogens with zero attached hydrogens (tertiary/aromatic N) is 2. The highest BCUT2D eigenvalue weighted by molar-refractivity contribution is 5.58. The Balaban J connectivity index is 1.73. The van der Waals surface area contributed by atoms with Gasteiger partial charge in [0.05, 0.1) is 5.69 Å². The first kappa shape index (κ1) is 15.5. The van der Waals surface area contributed by atoms with Gasteiger partial charge in [-0.3, -0.25) is 4.40 Å². The van der Waals surface area contributed by atoms with Crippen molar-refractivity contribution in [2.75, 3.05) is 5.32 Å². The summed E-state index contributed by atoms with van der Waals surface area (Å²) >= 11 is 0. The largest absolute Gasteiger partial charge is 0.366 e. The second-order valence-corrected chi connectivity index (χ2v) is 6.25. The molecule has 0 aliphatic carbocycles. The van der Waals surface area contributed by atoms with Crippen molar-refractivity contribution in [3.8, 4) is 0 Å². The van der Waals surface area contributed by atoms with Crippen molar-refractivity contribution in [3.63, 3.8) is 0 Å². The zero-order valence-corrected chi connectivity index (χ0v) is 14.3. The van der Waals surface area contributed by atoms with Gasteiger partial charge in [0.2, 0.25) is 0 Å². The first-order chi connectivity index (χ1) is 12.3. The zero-order chi connectivity index (χ0) is 17.1. The molecule has 0 amide bonds. The van der Waals surface area contributed by atoms with E-state index in [4.69, 9.17) is 4.98 Å². The van der Waals surface area contributed by atoms with Crippen molar-refractivity contribution in [1.82, 2.24) is 9.38 Å². The summed E-state index contributed by atoms with van der Waals surface area (Å²) in [6.07, 6.45) is 2.07. The molecule has 0 bridgehead atoms. The topological polar surface area (TPSA) is 29.3 Å². The fourth-order valence-corrected chi connectivity index (χ4v) is 3.17. The van der Waals surface area contributed by atoms with Gasteiger partial charge in [0.25, 0.3) is 0 Å². The van der Waals surface area contributed by atoms with Gasteiger partial charge in [-0.05, 0) is 23.3 Å². The fraction of sp³-hybridized carbons (Fsp3) is 0.136. The molecule has 0 saturated heterocycles. The van der Waals surface area contributed by atoms with Crippen molar-refractivity contribution in [3.05, 3.63) is 102 Å². The van der Waals surface area contributed by atoms with E-state index in [-0.39, 0.29) is 5.92 Å². The molecule has 1 N–H and O–H groups in total. The molecule has 2 heterocycles. The van der Waals surface area contributed by atoms with Crippen LogP contribution in [0.4, 0.5) is 5.82 Å². The fourth-order valence-electron chi connectivity index (χ4n) is 3.17. The molecule has 4 rings (SSSR count). The van der Waals surface area contributed by atoms with Crippen LogP contribution in [-0.2, 0) is 6.54 Å². The van der Waals surface area contributed by atoms with Crippen LogP contribution in [0.1, 0.15) is 29.7 Å². The van der Waals surface area contributed by atoms with Crippen LogP contribution in [0.3, 0.4) is 0 Å². The third kappa shape index (κ3) is 3.13. The Kier molecular flexibility index (Phi) is 4.21. The summed E-state index contributed by atoms with van der Waals surface area (Å²) < 4.78 is 2.14. The van der Waals surface area contributed by atoms with Gasteiger partial charge in [0, 0.05) is 18.7 Å². The summed E-state index contributed by atoms with van der Waals surface area (Å²) in [6.45, 7) is 2.99. The predicted molar refractivity (Wildman–Crippen MR) is 103 cm³/mol. The van der Waals surface area contributed by atoms with Crippen LogP contribution in [0.15, 0.2) is 85.1 Å². The number of imidazole rings is 1. The smallest absolute Gasteiger partial charge is 0.138 e. The molecule has 0 aliphatic rings. The van der Waals surface area contributed by atoms with E-state index in [1.807, 2.05) is 18.2 Å². The Morgan fingerprint density at radius 1 is 0.880 bits per heavy atom. The number of hydrogen-bond donors (Lipinski definition) is 1. The third-order valence-corrected chi connectivity index (χ3v) is 4.57. The molecule has 0 spiro atoms. The predicted octanol–water partition coefficient (Wildman–Crippen LogP) is 5.10. The molecule has 0 fully saturated rings. The van der Waals surface area contributed by atoms with Gasteiger partial charge in [-0.25, -0.2) is 4.98 Å². The minimum absolute atomic E-state index is 0.222. The lowest BCUT2D eigenvalue weighted by molar-refractivity contribution is 0.882. The Bertz CT molecular complexity index is 958. The highest BCUT2D eigenvalue weighted by Crippen LogP contribution is 2.30. The molecule has 1 atom stereocenters. The van der Waals surface area contributed by atoms with Gasteiger partial charge in [-0.2, -0.15) is 0 Å². The van der Waals surface area contributed by atoms with Crippen molar-refractivity contribution >= 4 is 11.5 Å². The molecular weight excluding hydrogens is 306 g/mol. The van der Waals surface area contributed by atoms with Crippen LogP contribution in [0.2, 0.25) is 0 Å². The van der Waals surface area contributed by atoms with Gasteiger partial charge in [0.1, 0.15) is 11.5 Å². The second-order valence-electron chi connectivity index (χ2n) is 6.25. The van der Waals surface area contributed by atoms with Crippen LogP contribution < -0.4 is 5.32 Å². The Morgan fingerprint density at radius 3 is 2.32 bits per heavy atom. The molecule has 0 radical (unpaired) electrons. The summed E-state index contributed by atoms with van der Waals surface area (Å²) in [5, 5.41) is 3.60. The van der Waals surface area contributed by atoms with Crippen LogP contribution >= 0.6 is 0 Å². The van der Waals surface area contributed by atoms with Gasteiger partial charge < -0.3 is 5.32 Å². The number of nitrogens with one attached hydrogen (secondary N) is 1. The van der Waals surface area contributed by atoms with Gasteiger partial charge >= 0.3 is 0 Å². The van der Waals surface area contributed by atoms with E-state index in [1.54, 1.807) is 0 Å². The lowest BCUT2D eigenvalue weighted by Gasteiger charge is -2.14. The number of anilines is 1. The lowest BCUT2D eigenvalue weighted by atomic mass is 9.98. The molecule has 0 saturated carbocycles. The molecular formula is C22H21N3. The first-order valence-corrected chi connectivity index (χ1v) is 8.62. The standard InChI is InChI=1S/C22H21N3/c1-17(19-12-6-3-7-13-19)21-22(23-16-18-10-4-2-5-11-18)25-15-9-8-14-20(25)24-21/h2-15,17,23H,16H2,1H3. The monoisotopic (exact) mass is 327 g/mol. The van der Waals surface area contributed by atoms with Gasteiger partial charge in [-0.1, -0.05) is 73.7 Å². The maximum absolute atomic E-state index is 4.90. The number of fused-ring (bicyclic) bond motifs is 1. The number of rotatable bonds is 5. The normalized spacial score (nSPS) is 12.2. The van der Waals surface area contributed by atoms with Crippen molar-refractivity contribution in [2.24, 2.45) is 0 Å². The van der Waals surface area contributed by atoms with E-state index in [0.29, 0.717) is 0 Å². The van der Waals surface area contributed by atoms with Crippen molar-refractivity contribution < 1.29 is 0 Å². The highest BCUT2D eigenvalue weighted by Gasteiger charge is 2.19. The van der Waals surface area contributed by atoms with E-state index in [0.717, 1.165) is 23.7 Å². The van der Waals surface area contributed by atoms with Crippen LogP contribution in [0.25, 0.3) is 5.65 Å². The third-order valence-electron chi connectivity index (χ3n) is 4.57. The highest BCUT2D eigenvalue weighted by atomic mass is 15.1. The number of hydrogen-bond acceptors (Lipinski definition) is 2. The Labute approximate surface area is 148 Å². The molecule has 0 aliphatic heterocycles. The maximum Gasteiger partial charge on any atom is 0.138 e. The van der Waals surface area contributed by atoms with E-state index in [1.165, 1.54) is 11.1 Å². The molecule has 3 heteroatoms. The first-order valence-electron chi connectivity index (χ1n) is 8.62. The molecule has 25 heavy (non-hydrogen) atoms. The summed E-state index contributed by atoms with van der Waals surface area (Å²) in [5.74, 6) is 1.29. The zero-order valence-electron chi connectivity index (χ0n) is 14.3. The minimum Gasteiger partial charge on any atom is -0.366 e. The SMILES string of the molecule is CC(c1ccccc1)c1nc2ccccn2c1NCc1ccccc1. The molecule has 2 aromatic carbocycles. The van der Waals surface area contributed by atoms with Gasteiger partial charge in [0.15, 0.2) is 0 Å². The van der Waals surface area contributed by atoms with E-state index in [9.17, 15) is 0 Å². The Hall–Kier alpha value is -3.07. The molecule has 124 valence electrons. The van der Waals surface area contributed by atoms with Crippen molar-refractivity contribution in [1.29, 1.82) is 0 Å². The van der Waals surface area contributed by atoms with E-state index >= 15 is 0 Å². The second kappa shape index (κ2) is 6.81. The maximum atomic E-state index is 4.90. The lowest BCUT2D eigenvalue weighted by Crippen LogP contribution is -2.06. The summed E-state index contributed by atoms with van der Waals surface area (Å²) in [6, 6.07) is 27.1. The Morgan fingerprint density at radius 2 is 1.56 bits per heavy atom. The van der Waals surface area contributed by atoms with Crippen LogP contribution in [0, 0.1) is 0 Å². The summed E-state index contributed by atoms with van der Waals surface area (Å²) in [5.41, 5.74) is 4.57.